The van der Waals surface area contributed by atoms with Gasteiger partial charge in [-0.15, -0.1) is 0 Å². The number of esters is 1. The number of nitrogens with zero attached hydrogens (tertiary/aromatic N) is 4. The minimum Gasteiger partial charge on any atom is -0.468 e. The molecule has 28 heavy (non-hydrogen) atoms. The number of methoxy groups -OCH3 is 1. The van der Waals surface area contributed by atoms with Gasteiger partial charge in [0.1, 0.15) is 33.8 Å². The first-order valence-electron chi connectivity index (χ1n) is 7.87. The number of ether oxygens (including phenoxy) is 1. The van der Waals surface area contributed by atoms with Crippen molar-refractivity contribution in [1.82, 2.24) is 4.98 Å². The number of carbonyl (C=O) groups is 1. The van der Waals surface area contributed by atoms with Gasteiger partial charge in [0.05, 0.1) is 17.6 Å². The molecule has 0 amide bonds. The summed E-state index contributed by atoms with van der Waals surface area (Å²) in [7, 11) is 2.50. The zero-order valence-electron chi connectivity index (χ0n) is 15.3. The van der Waals surface area contributed by atoms with Crippen LogP contribution in [0.3, 0.4) is 0 Å². The van der Waals surface area contributed by atoms with Crippen molar-refractivity contribution >= 4 is 29.2 Å². The lowest BCUT2D eigenvalue weighted by molar-refractivity contribution is -0.736. The van der Waals surface area contributed by atoms with Crippen LogP contribution in [0.2, 0.25) is 0 Å². The van der Waals surface area contributed by atoms with Crippen molar-refractivity contribution in [3.8, 4) is 23.3 Å². The molecule has 0 radical (unpaired) electrons. The van der Waals surface area contributed by atoms with Crippen LogP contribution in [0, 0.1) is 27.6 Å². The zero-order valence-corrected chi connectivity index (χ0v) is 16.1. The maximum Gasteiger partial charge on any atom is 0.318 e. The number of thioether (sulfide) groups is 1. The van der Waals surface area contributed by atoms with Gasteiger partial charge in [0.25, 0.3) is 4.92 Å². The number of hydrogen-bond donors (Lipinski definition) is 1. The summed E-state index contributed by atoms with van der Waals surface area (Å²) in [6, 6.07) is 10.1. The third kappa shape index (κ3) is 4.03. The van der Waals surface area contributed by atoms with Crippen molar-refractivity contribution in [2.45, 2.75) is 17.2 Å². The summed E-state index contributed by atoms with van der Waals surface area (Å²) in [4.78, 5) is 32.3. The summed E-state index contributed by atoms with van der Waals surface area (Å²) in [5, 5.41) is 18.8. The second-order valence-electron chi connectivity index (χ2n) is 5.42. The largest absolute Gasteiger partial charge is 0.468 e. The van der Waals surface area contributed by atoms with Crippen molar-refractivity contribution in [2.24, 2.45) is 0 Å². The number of pyridine rings is 1. The summed E-state index contributed by atoms with van der Waals surface area (Å²) in [6.07, 6.45) is 0. The van der Waals surface area contributed by atoms with E-state index in [1.54, 1.807) is 19.1 Å². The van der Waals surface area contributed by atoms with E-state index in [9.17, 15) is 20.2 Å². The van der Waals surface area contributed by atoms with Crippen molar-refractivity contribution < 1.29 is 19.3 Å². The normalized spacial score (nSPS) is 11.0. The third-order valence-corrected chi connectivity index (χ3v) is 4.83. The van der Waals surface area contributed by atoms with Crippen LogP contribution >= 0.6 is 11.8 Å². The number of aromatic nitrogens is 1. The fourth-order valence-corrected chi connectivity index (χ4v) is 3.35. The Bertz CT molecular complexity index is 1010. The number of hydrogen-bond acceptors (Lipinski definition) is 9. The molecule has 0 saturated carbocycles. The molecule has 142 valence electrons. The molecule has 2 rings (SSSR count). The lowest BCUT2D eigenvalue weighted by Gasteiger charge is -2.14. The Morgan fingerprint density at radius 3 is 2.32 bits per heavy atom. The highest BCUT2D eigenvalue weighted by Gasteiger charge is 2.25. The van der Waals surface area contributed by atoms with Crippen LogP contribution in [0.25, 0.3) is 11.1 Å². The molecule has 2 N–H and O–H groups in total. The van der Waals surface area contributed by atoms with Gasteiger partial charge < -0.3 is 10.5 Å². The summed E-state index contributed by atoms with van der Waals surface area (Å²) in [5.74, 6) is -0.554. The van der Waals surface area contributed by atoms with E-state index >= 15 is 0 Å². The SMILES string of the molecule is COC(=O)C(C)Sc1nc(N)c(C#N)c(-c2ccc([N+](=O)OC)cc2)c1C#N. The Hall–Kier alpha value is -3.63. The summed E-state index contributed by atoms with van der Waals surface area (Å²) in [5.41, 5.74) is 7.06. The molecule has 0 fully saturated rings. The number of anilines is 1. The van der Waals surface area contributed by atoms with Crippen molar-refractivity contribution in [1.29, 1.82) is 10.5 Å². The average Bonchev–Trinajstić information content (AvgIpc) is 2.72. The van der Waals surface area contributed by atoms with Crippen LogP contribution in [0.1, 0.15) is 18.1 Å². The molecular formula is C18H16N5O4S+. The second-order valence-corrected chi connectivity index (χ2v) is 6.75. The zero-order chi connectivity index (χ0) is 20.8. The molecule has 0 spiro atoms. The van der Waals surface area contributed by atoms with E-state index in [1.807, 2.05) is 12.1 Å². The number of nitrogens with two attached hydrogens (primary N) is 1. The molecule has 0 aliphatic rings. The molecular weight excluding hydrogens is 382 g/mol. The highest BCUT2D eigenvalue weighted by molar-refractivity contribution is 8.00. The minimum atomic E-state index is -0.636. The maximum atomic E-state index is 11.7. The van der Waals surface area contributed by atoms with Crippen molar-refractivity contribution in [2.75, 3.05) is 20.0 Å². The van der Waals surface area contributed by atoms with Crippen LogP contribution in [0.4, 0.5) is 11.5 Å². The van der Waals surface area contributed by atoms with E-state index in [0.29, 0.717) is 10.5 Å². The van der Waals surface area contributed by atoms with Gasteiger partial charge in [0.15, 0.2) is 7.11 Å². The Morgan fingerprint density at radius 2 is 1.82 bits per heavy atom. The molecule has 1 aromatic carbocycles. The van der Waals surface area contributed by atoms with E-state index in [-0.39, 0.29) is 33.2 Å². The quantitative estimate of drug-likeness (QED) is 0.441. The molecule has 10 heteroatoms. The van der Waals surface area contributed by atoms with Gasteiger partial charge in [0.2, 0.25) is 0 Å². The van der Waals surface area contributed by atoms with Crippen LogP contribution in [-0.4, -0.2) is 35.3 Å². The lowest BCUT2D eigenvalue weighted by Crippen LogP contribution is -2.15. The molecule has 1 aromatic heterocycles. The first-order valence-corrected chi connectivity index (χ1v) is 8.75. The van der Waals surface area contributed by atoms with Crippen LogP contribution in [0.15, 0.2) is 29.3 Å². The first kappa shape index (κ1) is 20.7. The number of rotatable bonds is 6. The van der Waals surface area contributed by atoms with Crippen molar-refractivity contribution in [3.05, 3.63) is 40.3 Å². The molecule has 2 aromatic rings. The van der Waals surface area contributed by atoms with E-state index in [1.165, 1.54) is 26.4 Å². The average molecular weight is 398 g/mol. The molecule has 1 atom stereocenters. The van der Waals surface area contributed by atoms with Gasteiger partial charge in [-0.1, -0.05) is 11.8 Å². The third-order valence-electron chi connectivity index (χ3n) is 3.77. The summed E-state index contributed by atoms with van der Waals surface area (Å²) >= 11 is 1.01. The highest BCUT2D eigenvalue weighted by Crippen LogP contribution is 2.37. The van der Waals surface area contributed by atoms with Gasteiger partial charge in [-0.05, 0) is 24.6 Å². The Balaban J connectivity index is 2.65. The fourth-order valence-electron chi connectivity index (χ4n) is 2.41. The Morgan fingerprint density at radius 1 is 1.21 bits per heavy atom. The minimum absolute atomic E-state index is 0.0325. The molecule has 9 nitrogen and oxygen atoms in total. The number of carbonyl (C=O) groups excluding carboxylic acids is 1. The molecule has 0 saturated heterocycles. The predicted molar refractivity (Wildman–Crippen MR) is 101 cm³/mol. The number of nitriles is 2. The first-order chi connectivity index (χ1) is 13.4. The van der Waals surface area contributed by atoms with Gasteiger partial charge in [-0.25, -0.2) is 9.82 Å². The standard InChI is InChI=1S/C18H16N5O4S/c1-10(18(24)26-2)28-17-14(9-20)15(13(8-19)16(21)22-17)11-4-6-12(7-5-11)23(25)27-3/h4-7,10H,1-3H3,(H2,21,22)/q+1. The van der Waals surface area contributed by atoms with E-state index in [0.717, 1.165) is 11.8 Å². The molecule has 0 aliphatic heterocycles. The number of nitrogen functional groups attached to an aromatic ring is 1. The molecule has 0 bridgehead atoms. The molecule has 1 unspecified atom stereocenters. The van der Waals surface area contributed by atoms with E-state index in [4.69, 9.17) is 10.5 Å². The predicted octanol–water partition coefficient (Wildman–Crippen LogP) is 2.70. The van der Waals surface area contributed by atoms with Gasteiger partial charge in [-0.3, -0.25) is 4.79 Å². The van der Waals surface area contributed by atoms with Crippen LogP contribution in [0.5, 0.6) is 0 Å². The molecule has 0 aliphatic carbocycles. The topological polar surface area (TPSA) is 142 Å². The Labute approximate surface area is 165 Å². The summed E-state index contributed by atoms with van der Waals surface area (Å²) in [6.45, 7) is 1.61. The lowest BCUT2D eigenvalue weighted by atomic mass is 9.96. The Kier molecular flexibility index (Phi) is 6.53. The maximum absolute atomic E-state index is 11.7. The smallest absolute Gasteiger partial charge is 0.318 e. The van der Waals surface area contributed by atoms with Gasteiger partial charge in [0, 0.05) is 17.7 Å². The van der Waals surface area contributed by atoms with E-state index < -0.39 is 11.2 Å². The van der Waals surface area contributed by atoms with Crippen LogP contribution < -0.4 is 5.73 Å². The molecule has 1 heterocycles. The fraction of sp³-hybridized carbons (Fsp3) is 0.222. The monoisotopic (exact) mass is 398 g/mol. The number of benzene rings is 1. The second kappa shape index (κ2) is 8.84. The summed E-state index contributed by atoms with van der Waals surface area (Å²) < 4.78 is 4.69. The van der Waals surface area contributed by atoms with Crippen LogP contribution in [-0.2, 0) is 14.4 Å². The van der Waals surface area contributed by atoms with Crippen molar-refractivity contribution in [3.63, 3.8) is 0 Å². The van der Waals surface area contributed by atoms with Gasteiger partial charge in [-0.2, -0.15) is 10.5 Å². The van der Waals surface area contributed by atoms with Gasteiger partial charge >= 0.3 is 11.7 Å². The highest BCUT2D eigenvalue weighted by atomic mass is 32.2. The van der Waals surface area contributed by atoms with E-state index in [2.05, 4.69) is 9.82 Å².